The fourth-order valence-corrected chi connectivity index (χ4v) is 3.23. The molecule has 2 aliphatic rings. The second kappa shape index (κ2) is 5.27. The van der Waals surface area contributed by atoms with Gasteiger partial charge in [-0.15, -0.1) is 0 Å². The highest BCUT2D eigenvalue weighted by Crippen LogP contribution is 2.27. The molecule has 98 valence electrons. The molecule has 1 heterocycles. The van der Waals surface area contributed by atoms with Gasteiger partial charge in [0.05, 0.1) is 0 Å². The van der Waals surface area contributed by atoms with Crippen molar-refractivity contribution in [1.82, 2.24) is 4.98 Å². The van der Waals surface area contributed by atoms with Crippen molar-refractivity contribution in [2.75, 3.05) is 5.32 Å². The number of nitrogens with two attached hydrogens (primary N) is 1. The number of aromatic nitrogens is 1. The molecule has 1 aromatic heterocycles. The summed E-state index contributed by atoms with van der Waals surface area (Å²) in [7, 11) is 0. The van der Waals surface area contributed by atoms with Crippen LogP contribution in [0.2, 0.25) is 0 Å². The maximum atomic E-state index is 5.88. The van der Waals surface area contributed by atoms with Crippen LogP contribution in [0.15, 0.2) is 6.07 Å². The quantitative estimate of drug-likeness (QED) is 0.861. The van der Waals surface area contributed by atoms with Crippen LogP contribution < -0.4 is 11.1 Å². The van der Waals surface area contributed by atoms with Gasteiger partial charge in [-0.1, -0.05) is 12.8 Å². The first-order valence-corrected chi connectivity index (χ1v) is 7.35. The molecule has 0 aromatic carbocycles. The second-order valence-corrected chi connectivity index (χ2v) is 5.64. The van der Waals surface area contributed by atoms with Crippen molar-refractivity contribution >= 4 is 5.82 Å². The summed E-state index contributed by atoms with van der Waals surface area (Å²) < 4.78 is 0. The van der Waals surface area contributed by atoms with Crippen molar-refractivity contribution < 1.29 is 0 Å². The number of nitrogens with zero attached hydrogens (tertiary/aromatic N) is 1. The zero-order valence-electron chi connectivity index (χ0n) is 11.0. The van der Waals surface area contributed by atoms with E-state index in [1.807, 2.05) is 0 Å². The zero-order valence-corrected chi connectivity index (χ0v) is 11.0. The molecule has 3 nitrogen and oxygen atoms in total. The van der Waals surface area contributed by atoms with E-state index in [0.717, 1.165) is 12.2 Å². The number of nitrogens with one attached hydrogen (secondary N) is 1. The minimum Gasteiger partial charge on any atom is -0.367 e. The predicted molar refractivity (Wildman–Crippen MR) is 74.6 cm³/mol. The molecular formula is C15H23N3. The minimum absolute atomic E-state index is 0.593. The fraction of sp³-hybridized carbons (Fsp3) is 0.667. The summed E-state index contributed by atoms with van der Waals surface area (Å²) in [5.74, 6) is 1.06. The third kappa shape index (κ3) is 2.37. The van der Waals surface area contributed by atoms with Gasteiger partial charge in [0.15, 0.2) is 0 Å². The third-order valence-electron chi connectivity index (χ3n) is 4.30. The number of rotatable bonds is 3. The topological polar surface area (TPSA) is 50.9 Å². The average molecular weight is 245 g/mol. The molecule has 1 fully saturated rings. The number of hydrogen-bond donors (Lipinski definition) is 2. The van der Waals surface area contributed by atoms with E-state index in [9.17, 15) is 0 Å². The molecule has 0 spiro atoms. The van der Waals surface area contributed by atoms with Crippen LogP contribution in [0.4, 0.5) is 5.82 Å². The predicted octanol–water partition coefficient (Wildman–Crippen LogP) is 2.77. The van der Waals surface area contributed by atoms with Gasteiger partial charge in [-0.25, -0.2) is 4.98 Å². The standard InChI is InChI=1S/C15H23N3/c16-10-12-9-11-5-1-4-8-14(11)18-15(12)17-13-6-2-3-7-13/h9,13H,1-8,10,16H2,(H,17,18). The van der Waals surface area contributed by atoms with Gasteiger partial charge in [0.1, 0.15) is 5.82 Å². The van der Waals surface area contributed by atoms with E-state index in [-0.39, 0.29) is 0 Å². The molecule has 3 N–H and O–H groups in total. The molecule has 3 heteroatoms. The van der Waals surface area contributed by atoms with Crippen molar-refractivity contribution in [2.24, 2.45) is 5.73 Å². The highest BCUT2D eigenvalue weighted by Gasteiger charge is 2.19. The molecule has 18 heavy (non-hydrogen) atoms. The van der Waals surface area contributed by atoms with E-state index in [0.29, 0.717) is 12.6 Å². The van der Waals surface area contributed by atoms with Crippen molar-refractivity contribution in [3.05, 3.63) is 22.9 Å². The number of hydrogen-bond acceptors (Lipinski definition) is 3. The highest BCUT2D eigenvalue weighted by atomic mass is 15.0. The number of pyridine rings is 1. The molecule has 0 saturated heterocycles. The minimum atomic E-state index is 0.593. The van der Waals surface area contributed by atoms with E-state index in [1.54, 1.807) is 0 Å². The molecule has 2 aliphatic carbocycles. The Balaban J connectivity index is 1.86. The fourth-order valence-electron chi connectivity index (χ4n) is 3.23. The van der Waals surface area contributed by atoms with E-state index >= 15 is 0 Å². The summed E-state index contributed by atoms with van der Waals surface area (Å²) in [5, 5.41) is 3.62. The molecule has 0 unspecified atom stereocenters. The van der Waals surface area contributed by atoms with Crippen molar-refractivity contribution in [2.45, 2.75) is 64.0 Å². The van der Waals surface area contributed by atoms with E-state index in [2.05, 4.69) is 11.4 Å². The molecule has 0 bridgehead atoms. The first kappa shape index (κ1) is 12.0. The van der Waals surface area contributed by atoms with Crippen LogP contribution in [-0.4, -0.2) is 11.0 Å². The molecule has 1 aromatic rings. The summed E-state index contributed by atoms with van der Waals surface area (Å²) >= 11 is 0. The Morgan fingerprint density at radius 1 is 1.17 bits per heavy atom. The third-order valence-corrected chi connectivity index (χ3v) is 4.30. The van der Waals surface area contributed by atoms with Crippen LogP contribution in [0, 0.1) is 0 Å². The van der Waals surface area contributed by atoms with Crippen molar-refractivity contribution in [1.29, 1.82) is 0 Å². The van der Waals surface area contributed by atoms with Gasteiger partial charge in [-0.2, -0.15) is 0 Å². The van der Waals surface area contributed by atoms with E-state index in [4.69, 9.17) is 10.7 Å². The van der Waals surface area contributed by atoms with Gasteiger partial charge < -0.3 is 11.1 Å². The lowest BCUT2D eigenvalue weighted by atomic mass is 9.94. The van der Waals surface area contributed by atoms with Crippen LogP contribution in [-0.2, 0) is 19.4 Å². The van der Waals surface area contributed by atoms with Gasteiger partial charge in [-0.05, 0) is 50.2 Å². The van der Waals surface area contributed by atoms with Gasteiger partial charge in [0.25, 0.3) is 0 Å². The summed E-state index contributed by atoms with van der Waals surface area (Å²) in [6, 6.07) is 2.91. The second-order valence-electron chi connectivity index (χ2n) is 5.64. The number of aryl methyl sites for hydroxylation is 2. The molecular weight excluding hydrogens is 222 g/mol. The molecule has 0 atom stereocenters. The van der Waals surface area contributed by atoms with Crippen molar-refractivity contribution in [3.63, 3.8) is 0 Å². The Morgan fingerprint density at radius 3 is 2.72 bits per heavy atom. The largest absolute Gasteiger partial charge is 0.367 e. The Morgan fingerprint density at radius 2 is 1.94 bits per heavy atom. The van der Waals surface area contributed by atoms with Crippen LogP contribution >= 0.6 is 0 Å². The van der Waals surface area contributed by atoms with Gasteiger partial charge in [-0.3, -0.25) is 0 Å². The van der Waals surface area contributed by atoms with Gasteiger partial charge >= 0.3 is 0 Å². The first-order chi connectivity index (χ1) is 8.86. The Labute approximate surface area is 109 Å². The van der Waals surface area contributed by atoms with Crippen molar-refractivity contribution in [3.8, 4) is 0 Å². The summed E-state index contributed by atoms with van der Waals surface area (Å²) in [4.78, 5) is 4.86. The zero-order chi connectivity index (χ0) is 12.4. The normalized spacial score (nSPS) is 19.8. The number of anilines is 1. The molecule has 0 aliphatic heterocycles. The Bertz CT molecular complexity index is 422. The summed E-state index contributed by atoms with van der Waals surface area (Å²) in [6.45, 7) is 0.593. The van der Waals surface area contributed by atoms with Crippen LogP contribution in [0.25, 0.3) is 0 Å². The lowest BCUT2D eigenvalue weighted by Crippen LogP contribution is -2.20. The maximum Gasteiger partial charge on any atom is 0.130 e. The molecule has 0 radical (unpaired) electrons. The van der Waals surface area contributed by atoms with E-state index in [1.165, 1.54) is 61.8 Å². The highest BCUT2D eigenvalue weighted by molar-refractivity contribution is 5.49. The molecule has 1 saturated carbocycles. The lowest BCUT2D eigenvalue weighted by molar-refractivity contribution is 0.663. The SMILES string of the molecule is NCc1cc2c(nc1NC1CCCC1)CCCC2. The molecule has 0 amide bonds. The average Bonchev–Trinajstić information content (AvgIpc) is 2.91. The van der Waals surface area contributed by atoms with Crippen LogP contribution in [0.5, 0.6) is 0 Å². The smallest absolute Gasteiger partial charge is 0.130 e. The maximum absolute atomic E-state index is 5.88. The summed E-state index contributed by atoms with van der Waals surface area (Å²) in [6.07, 6.45) is 10.2. The van der Waals surface area contributed by atoms with E-state index < -0.39 is 0 Å². The van der Waals surface area contributed by atoms with Gasteiger partial charge in [0.2, 0.25) is 0 Å². The monoisotopic (exact) mass is 245 g/mol. The number of fused-ring (bicyclic) bond motifs is 1. The van der Waals surface area contributed by atoms with Crippen LogP contribution in [0.1, 0.15) is 55.3 Å². The Kier molecular flexibility index (Phi) is 3.50. The summed E-state index contributed by atoms with van der Waals surface area (Å²) in [5.41, 5.74) is 9.81. The lowest BCUT2D eigenvalue weighted by Gasteiger charge is -2.21. The Hall–Kier alpha value is -1.09. The van der Waals surface area contributed by atoms with Crippen LogP contribution in [0.3, 0.4) is 0 Å². The first-order valence-electron chi connectivity index (χ1n) is 7.35. The molecule has 3 rings (SSSR count). The van der Waals surface area contributed by atoms with Gasteiger partial charge in [0, 0.05) is 23.8 Å².